The van der Waals surface area contributed by atoms with Gasteiger partial charge in [-0.05, 0) is 49.2 Å². The maximum Gasteiger partial charge on any atom is 0.244 e. The number of hydrogen-bond donors (Lipinski definition) is 1. The Hall–Kier alpha value is -2.83. The van der Waals surface area contributed by atoms with Crippen LogP contribution in [0.2, 0.25) is 0 Å². The van der Waals surface area contributed by atoms with Crippen LogP contribution in [-0.4, -0.2) is 18.4 Å². The van der Waals surface area contributed by atoms with Crippen LogP contribution in [0.4, 0.5) is 24.5 Å². The Morgan fingerprint density at radius 2 is 1.60 bits per heavy atom. The van der Waals surface area contributed by atoms with Crippen molar-refractivity contribution in [3.8, 4) is 0 Å². The Kier molecular flexibility index (Phi) is 5.46. The molecule has 2 amide bonds. The first-order valence-electron chi connectivity index (χ1n) is 7.48. The van der Waals surface area contributed by atoms with E-state index in [0.29, 0.717) is 11.8 Å². The molecule has 0 unspecified atom stereocenters. The number of aryl methyl sites for hydroxylation is 2. The van der Waals surface area contributed by atoms with Crippen LogP contribution < -0.4 is 10.2 Å². The number of anilines is 2. The number of rotatable bonds is 4. The number of hydrogen-bond acceptors (Lipinski definition) is 2. The number of carbonyl (C=O) groups excluding carboxylic acids is 2. The molecule has 1 N–H and O–H groups in total. The number of benzene rings is 2. The van der Waals surface area contributed by atoms with E-state index in [0.717, 1.165) is 29.0 Å². The zero-order valence-corrected chi connectivity index (χ0v) is 14.0. The maximum atomic E-state index is 13.9. The monoisotopic (exact) mass is 350 g/mol. The first-order chi connectivity index (χ1) is 11.7. The third-order valence-corrected chi connectivity index (χ3v) is 3.49. The van der Waals surface area contributed by atoms with E-state index in [1.165, 1.54) is 0 Å². The molecule has 0 atom stereocenters. The lowest BCUT2D eigenvalue weighted by Crippen LogP contribution is -2.37. The Morgan fingerprint density at radius 1 is 1.00 bits per heavy atom. The van der Waals surface area contributed by atoms with Crippen LogP contribution in [-0.2, 0) is 9.59 Å². The van der Waals surface area contributed by atoms with E-state index < -0.39 is 41.5 Å². The highest BCUT2D eigenvalue weighted by molar-refractivity contribution is 6.01. The second-order valence-electron chi connectivity index (χ2n) is 5.72. The molecule has 2 aromatic carbocycles. The van der Waals surface area contributed by atoms with Gasteiger partial charge in [-0.2, -0.15) is 0 Å². The molecular formula is C18H17F3N2O2. The molecule has 0 aliphatic rings. The van der Waals surface area contributed by atoms with Gasteiger partial charge in [0.05, 0.1) is 5.69 Å². The van der Waals surface area contributed by atoms with Crippen molar-refractivity contribution in [3.63, 3.8) is 0 Å². The first-order valence-corrected chi connectivity index (χ1v) is 7.48. The molecule has 0 heterocycles. The van der Waals surface area contributed by atoms with Crippen molar-refractivity contribution in [1.29, 1.82) is 0 Å². The quantitative estimate of drug-likeness (QED) is 0.855. The fourth-order valence-electron chi connectivity index (χ4n) is 2.48. The molecule has 4 nitrogen and oxygen atoms in total. The summed E-state index contributed by atoms with van der Waals surface area (Å²) >= 11 is 0. The molecule has 2 aromatic rings. The van der Waals surface area contributed by atoms with Crippen LogP contribution in [0.15, 0.2) is 30.3 Å². The van der Waals surface area contributed by atoms with Crippen LogP contribution in [0.3, 0.4) is 0 Å². The van der Waals surface area contributed by atoms with Crippen molar-refractivity contribution in [1.82, 2.24) is 0 Å². The van der Waals surface area contributed by atoms with Gasteiger partial charge in [0.2, 0.25) is 11.8 Å². The summed E-state index contributed by atoms with van der Waals surface area (Å²) in [5, 5.41) is 2.60. The van der Waals surface area contributed by atoms with Gasteiger partial charge >= 0.3 is 0 Å². The predicted octanol–water partition coefficient (Wildman–Crippen LogP) is 3.71. The van der Waals surface area contributed by atoms with Crippen LogP contribution in [0.1, 0.15) is 18.1 Å². The summed E-state index contributed by atoms with van der Waals surface area (Å²) in [5.41, 5.74) is 1.90. The SMILES string of the molecule is CC(=O)N(CC(=O)Nc1cc(C)cc(C)c1)c1ccc(F)c(F)c1F. The number of amides is 2. The van der Waals surface area contributed by atoms with Crippen molar-refractivity contribution in [2.24, 2.45) is 0 Å². The Morgan fingerprint density at radius 3 is 2.16 bits per heavy atom. The summed E-state index contributed by atoms with van der Waals surface area (Å²) < 4.78 is 40.4. The zero-order chi connectivity index (χ0) is 18.7. The second-order valence-corrected chi connectivity index (χ2v) is 5.72. The molecule has 0 spiro atoms. The summed E-state index contributed by atoms with van der Waals surface area (Å²) in [4.78, 5) is 24.7. The average molecular weight is 350 g/mol. The zero-order valence-electron chi connectivity index (χ0n) is 14.0. The smallest absolute Gasteiger partial charge is 0.244 e. The summed E-state index contributed by atoms with van der Waals surface area (Å²) in [7, 11) is 0. The minimum Gasteiger partial charge on any atom is -0.325 e. The first kappa shape index (κ1) is 18.5. The number of nitrogens with zero attached hydrogens (tertiary/aromatic N) is 1. The van der Waals surface area contributed by atoms with Crippen molar-refractivity contribution in [3.05, 3.63) is 58.9 Å². The Labute approximate surface area is 143 Å². The number of nitrogens with one attached hydrogen (secondary N) is 1. The summed E-state index contributed by atoms with van der Waals surface area (Å²) in [6.07, 6.45) is 0. The third-order valence-electron chi connectivity index (χ3n) is 3.49. The van der Waals surface area contributed by atoms with Crippen molar-refractivity contribution in [2.45, 2.75) is 20.8 Å². The highest BCUT2D eigenvalue weighted by atomic mass is 19.2. The fraction of sp³-hybridized carbons (Fsp3) is 0.222. The Bertz CT molecular complexity index is 817. The summed E-state index contributed by atoms with van der Waals surface area (Å²) in [5.74, 6) is -5.86. The molecule has 0 radical (unpaired) electrons. The number of carbonyl (C=O) groups is 2. The molecule has 132 valence electrons. The van der Waals surface area contributed by atoms with E-state index in [2.05, 4.69) is 5.32 Å². The van der Waals surface area contributed by atoms with Gasteiger partial charge in [-0.3, -0.25) is 9.59 Å². The van der Waals surface area contributed by atoms with Crippen LogP contribution in [0, 0.1) is 31.3 Å². The van der Waals surface area contributed by atoms with Gasteiger partial charge < -0.3 is 10.2 Å². The average Bonchev–Trinajstić information content (AvgIpc) is 2.50. The van der Waals surface area contributed by atoms with Crippen LogP contribution in [0.5, 0.6) is 0 Å². The molecular weight excluding hydrogens is 333 g/mol. The molecule has 0 saturated heterocycles. The Balaban J connectivity index is 2.23. The largest absolute Gasteiger partial charge is 0.325 e. The van der Waals surface area contributed by atoms with Gasteiger partial charge in [0.1, 0.15) is 6.54 Å². The van der Waals surface area contributed by atoms with E-state index in [9.17, 15) is 22.8 Å². The van der Waals surface area contributed by atoms with E-state index in [4.69, 9.17) is 0 Å². The lowest BCUT2D eigenvalue weighted by molar-refractivity contribution is -0.120. The third kappa shape index (κ3) is 4.37. The minimum atomic E-state index is -1.70. The lowest BCUT2D eigenvalue weighted by atomic mass is 10.1. The molecule has 0 aromatic heterocycles. The van der Waals surface area contributed by atoms with Gasteiger partial charge in [-0.25, -0.2) is 13.2 Å². The van der Waals surface area contributed by atoms with E-state index in [1.54, 1.807) is 12.1 Å². The second kappa shape index (κ2) is 7.38. The molecule has 0 fully saturated rings. The summed E-state index contributed by atoms with van der Waals surface area (Å²) in [6.45, 7) is 4.29. The molecule has 0 aliphatic carbocycles. The minimum absolute atomic E-state index is 0.498. The van der Waals surface area contributed by atoms with Crippen molar-refractivity contribution >= 4 is 23.2 Å². The topological polar surface area (TPSA) is 49.4 Å². The molecule has 7 heteroatoms. The van der Waals surface area contributed by atoms with E-state index in [1.807, 2.05) is 19.9 Å². The number of halogens is 3. The highest BCUT2D eigenvalue weighted by Crippen LogP contribution is 2.24. The van der Waals surface area contributed by atoms with Gasteiger partial charge in [0.15, 0.2) is 17.5 Å². The summed E-state index contributed by atoms with van der Waals surface area (Å²) in [6, 6.07) is 7.02. The van der Waals surface area contributed by atoms with Gasteiger partial charge in [-0.15, -0.1) is 0 Å². The van der Waals surface area contributed by atoms with E-state index >= 15 is 0 Å². The molecule has 25 heavy (non-hydrogen) atoms. The molecule has 2 rings (SSSR count). The predicted molar refractivity (Wildman–Crippen MR) is 88.9 cm³/mol. The fourth-order valence-corrected chi connectivity index (χ4v) is 2.48. The van der Waals surface area contributed by atoms with Gasteiger partial charge in [0, 0.05) is 12.6 Å². The maximum absolute atomic E-state index is 13.9. The van der Waals surface area contributed by atoms with E-state index in [-0.39, 0.29) is 0 Å². The normalized spacial score (nSPS) is 10.5. The highest BCUT2D eigenvalue weighted by Gasteiger charge is 2.23. The van der Waals surface area contributed by atoms with Crippen molar-refractivity contribution in [2.75, 3.05) is 16.8 Å². The van der Waals surface area contributed by atoms with Crippen LogP contribution in [0.25, 0.3) is 0 Å². The molecule has 0 saturated carbocycles. The van der Waals surface area contributed by atoms with Crippen molar-refractivity contribution < 1.29 is 22.8 Å². The lowest BCUT2D eigenvalue weighted by Gasteiger charge is -2.21. The van der Waals surface area contributed by atoms with Crippen LogP contribution >= 0.6 is 0 Å². The van der Waals surface area contributed by atoms with Gasteiger partial charge in [0.25, 0.3) is 0 Å². The van der Waals surface area contributed by atoms with Gasteiger partial charge in [-0.1, -0.05) is 6.07 Å². The molecule has 0 bridgehead atoms. The molecule has 0 aliphatic heterocycles. The standard InChI is InChI=1S/C18H17F3N2O2/c1-10-6-11(2)8-13(7-10)22-16(25)9-23(12(3)24)15-5-4-14(19)17(20)18(15)21/h4-8H,9H2,1-3H3,(H,22,25).